The zero-order valence-electron chi connectivity index (χ0n) is 20.5. The minimum atomic E-state index is -0.412. The highest BCUT2D eigenvalue weighted by Gasteiger charge is 2.35. The molecular formula is C27H30N6O3. The smallest absolute Gasteiger partial charge is 0.229 e. The Kier molecular flexibility index (Phi) is 6.71. The van der Waals surface area contributed by atoms with Crippen molar-refractivity contribution in [3.63, 3.8) is 0 Å². The van der Waals surface area contributed by atoms with E-state index in [0.717, 1.165) is 47.7 Å². The zero-order valence-corrected chi connectivity index (χ0v) is 20.5. The number of aryl methyl sites for hydroxylation is 1. The molecule has 3 aromatic rings. The van der Waals surface area contributed by atoms with Crippen molar-refractivity contribution in [2.24, 2.45) is 5.92 Å². The summed E-state index contributed by atoms with van der Waals surface area (Å²) in [5.74, 6) is 1.58. The monoisotopic (exact) mass is 486 g/mol. The molecule has 5 rings (SSSR count). The summed E-state index contributed by atoms with van der Waals surface area (Å²) < 4.78 is 5.18. The van der Waals surface area contributed by atoms with Crippen molar-refractivity contribution in [2.75, 3.05) is 47.2 Å². The third-order valence-electron chi connectivity index (χ3n) is 6.54. The van der Waals surface area contributed by atoms with Gasteiger partial charge in [0.25, 0.3) is 0 Å². The van der Waals surface area contributed by atoms with E-state index in [1.54, 1.807) is 12.0 Å². The average molecular weight is 487 g/mol. The second-order valence-electron chi connectivity index (χ2n) is 9.18. The van der Waals surface area contributed by atoms with Gasteiger partial charge in [0, 0.05) is 54.9 Å². The first-order chi connectivity index (χ1) is 17.5. The molecule has 0 radical (unpaired) electrons. The number of rotatable bonds is 7. The lowest BCUT2D eigenvalue weighted by molar-refractivity contribution is -0.122. The number of hydrogen-bond acceptors (Lipinski definition) is 7. The van der Waals surface area contributed by atoms with Crippen LogP contribution >= 0.6 is 0 Å². The highest BCUT2D eigenvalue weighted by molar-refractivity contribution is 6.03. The van der Waals surface area contributed by atoms with Gasteiger partial charge in [0.2, 0.25) is 17.8 Å². The molecule has 0 aliphatic carbocycles. The molecule has 2 aromatic carbocycles. The van der Waals surface area contributed by atoms with E-state index in [1.165, 1.54) is 12.8 Å². The van der Waals surface area contributed by atoms with Crippen LogP contribution < -0.4 is 25.2 Å². The van der Waals surface area contributed by atoms with Crippen molar-refractivity contribution in [3.05, 3.63) is 60.3 Å². The second kappa shape index (κ2) is 10.2. The van der Waals surface area contributed by atoms with Crippen LogP contribution in [0, 0.1) is 12.8 Å². The largest absolute Gasteiger partial charge is 0.497 e. The number of anilines is 5. The molecule has 2 saturated heterocycles. The van der Waals surface area contributed by atoms with Gasteiger partial charge >= 0.3 is 0 Å². The predicted octanol–water partition coefficient (Wildman–Crippen LogP) is 4.13. The molecule has 2 aliphatic rings. The minimum absolute atomic E-state index is 0.0618. The Morgan fingerprint density at radius 3 is 2.39 bits per heavy atom. The Morgan fingerprint density at radius 1 is 1.00 bits per heavy atom. The molecule has 0 spiro atoms. The molecular weight excluding hydrogens is 456 g/mol. The summed E-state index contributed by atoms with van der Waals surface area (Å²) in [6, 6.07) is 16.7. The summed E-state index contributed by atoms with van der Waals surface area (Å²) in [7, 11) is 1.60. The van der Waals surface area contributed by atoms with Gasteiger partial charge in [-0.3, -0.25) is 9.59 Å². The molecule has 2 amide bonds. The molecule has 9 heteroatoms. The van der Waals surface area contributed by atoms with Crippen molar-refractivity contribution in [3.8, 4) is 5.75 Å². The van der Waals surface area contributed by atoms with Gasteiger partial charge in [-0.05, 0) is 68.3 Å². The number of amides is 2. The maximum atomic E-state index is 12.9. The Labute approximate surface area is 210 Å². The first kappa shape index (κ1) is 23.6. The van der Waals surface area contributed by atoms with Gasteiger partial charge in [-0.2, -0.15) is 4.98 Å². The molecule has 36 heavy (non-hydrogen) atoms. The number of carbonyl (C=O) groups excluding carboxylic acids is 2. The van der Waals surface area contributed by atoms with E-state index >= 15 is 0 Å². The quantitative estimate of drug-likeness (QED) is 0.518. The predicted molar refractivity (Wildman–Crippen MR) is 140 cm³/mol. The van der Waals surface area contributed by atoms with E-state index in [0.29, 0.717) is 12.2 Å². The van der Waals surface area contributed by atoms with Crippen LogP contribution in [0.4, 0.5) is 28.8 Å². The maximum Gasteiger partial charge on any atom is 0.229 e. The van der Waals surface area contributed by atoms with Crippen LogP contribution in [-0.4, -0.2) is 48.5 Å². The molecule has 1 unspecified atom stereocenters. The van der Waals surface area contributed by atoms with Crippen molar-refractivity contribution in [1.82, 2.24) is 9.97 Å². The fourth-order valence-electron chi connectivity index (χ4n) is 4.60. The number of carbonyl (C=O) groups is 2. The topological polar surface area (TPSA) is 99.7 Å². The number of hydrogen-bond donors (Lipinski definition) is 2. The van der Waals surface area contributed by atoms with Crippen LogP contribution in [-0.2, 0) is 9.59 Å². The summed E-state index contributed by atoms with van der Waals surface area (Å²) in [6.45, 7) is 4.29. The van der Waals surface area contributed by atoms with Gasteiger partial charge in [0.1, 0.15) is 11.6 Å². The molecule has 3 heterocycles. The van der Waals surface area contributed by atoms with Gasteiger partial charge < -0.3 is 25.2 Å². The van der Waals surface area contributed by atoms with E-state index in [4.69, 9.17) is 4.74 Å². The number of benzene rings is 2. The van der Waals surface area contributed by atoms with E-state index in [9.17, 15) is 9.59 Å². The van der Waals surface area contributed by atoms with Gasteiger partial charge in [-0.15, -0.1) is 0 Å². The fraction of sp³-hybridized carbons (Fsp3) is 0.333. The standard InChI is InChI=1S/C27H30N6O3/c1-18-15-24(31-27(28-18)32-13-3-4-14-32)29-20-5-7-21(8-6-20)30-26(35)19-16-25(34)33(17-19)22-9-11-23(36-2)12-10-22/h5-12,15,19H,3-4,13-14,16-17H2,1-2H3,(H,30,35)(H,28,29,31). The lowest BCUT2D eigenvalue weighted by Gasteiger charge is -2.17. The van der Waals surface area contributed by atoms with E-state index in [1.807, 2.05) is 61.5 Å². The van der Waals surface area contributed by atoms with Gasteiger partial charge in [-0.25, -0.2) is 4.98 Å². The van der Waals surface area contributed by atoms with Crippen LogP contribution in [0.25, 0.3) is 0 Å². The van der Waals surface area contributed by atoms with E-state index in [-0.39, 0.29) is 18.2 Å². The summed E-state index contributed by atoms with van der Waals surface area (Å²) in [4.78, 5) is 38.5. The first-order valence-electron chi connectivity index (χ1n) is 12.2. The molecule has 0 bridgehead atoms. The van der Waals surface area contributed by atoms with Crippen LogP contribution in [0.3, 0.4) is 0 Å². The summed E-state index contributed by atoms with van der Waals surface area (Å²) in [5, 5.41) is 6.27. The van der Waals surface area contributed by atoms with Crippen molar-refractivity contribution >= 4 is 40.6 Å². The molecule has 0 saturated carbocycles. The van der Waals surface area contributed by atoms with Gasteiger partial charge in [0.15, 0.2) is 0 Å². The minimum Gasteiger partial charge on any atom is -0.497 e. The Bertz CT molecular complexity index is 1240. The van der Waals surface area contributed by atoms with Crippen molar-refractivity contribution in [2.45, 2.75) is 26.2 Å². The molecule has 1 aromatic heterocycles. The van der Waals surface area contributed by atoms with Crippen molar-refractivity contribution < 1.29 is 14.3 Å². The van der Waals surface area contributed by atoms with Gasteiger partial charge in [0.05, 0.1) is 13.0 Å². The number of nitrogens with zero attached hydrogens (tertiary/aromatic N) is 4. The van der Waals surface area contributed by atoms with Crippen LogP contribution in [0.15, 0.2) is 54.6 Å². The SMILES string of the molecule is COc1ccc(N2CC(C(=O)Nc3ccc(Nc4cc(C)nc(N5CCCC5)n4)cc3)CC2=O)cc1. The van der Waals surface area contributed by atoms with E-state index in [2.05, 4.69) is 25.5 Å². The zero-order chi connectivity index (χ0) is 25.1. The van der Waals surface area contributed by atoms with Crippen LogP contribution in [0.1, 0.15) is 25.0 Å². The van der Waals surface area contributed by atoms with Crippen molar-refractivity contribution in [1.29, 1.82) is 0 Å². The summed E-state index contributed by atoms with van der Waals surface area (Å²) >= 11 is 0. The summed E-state index contributed by atoms with van der Waals surface area (Å²) in [5.41, 5.74) is 3.21. The lowest BCUT2D eigenvalue weighted by Crippen LogP contribution is -2.28. The van der Waals surface area contributed by atoms with Gasteiger partial charge in [-0.1, -0.05) is 0 Å². The lowest BCUT2D eigenvalue weighted by atomic mass is 10.1. The molecule has 2 fully saturated rings. The Hall–Kier alpha value is -4.14. The molecule has 9 nitrogen and oxygen atoms in total. The molecule has 186 valence electrons. The average Bonchev–Trinajstić information content (AvgIpc) is 3.55. The maximum absolute atomic E-state index is 12.9. The fourth-order valence-corrected chi connectivity index (χ4v) is 4.60. The number of ether oxygens (including phenoxy) is 1. The Morgan fingerprint density at radius 2 is 1.69 bits per heavy atom. The van der Waals surface area contributed by atoms with E-state index < -0.39 is 5.92 Å². The first-order valence-corrected chi connectivity index (χ1v) is 12.2. The highest BCUT2D eigenvalue weighted by atomic mass is 16.5. The molecule has 1 atom stereocenters. The second-order valence-corrected chi connectivity index (χ2v) is 9.18. The van der Waals surface area contributed by atoms with Crippen LogP contribution in [0.2, 0.25) is 0 Å². The molecule has 2 aliphatic heterocycles. The third-order valence-corrected chi connectivity index (χ3v) is 6.54. The van der Waals surface area contributed by atoms with Crippen LogP contribution in [0.5, 0.6) is 5.75 Å². The summed E-state index contributed by atoms with van der Waals surface area (Å²) in [6.07, 6.45) is 2.52. The normalized spacial score (nSPS) is 17.4. The third kappa shape index (κ3) is 5.25. The molecule has 2 N–H and O–H groups in total. The number of aromatic nitrogens is 2. The number of nitrogens with one attached hydrogen (secondary N) is 2. The Balaban J connectivity index is 1.19. The number of methoxy groups -OCH3 is 1. The highest BCUT2D eigenvalue weighted by Crippen LogP contribution is 2.28.